The second kappa shape index (κ2) is 6.88. The zero-order valence-electron chi connectivity index (χ0n) is 10.6. The molecule has 0 aliphatic heterocycles. The molecule has 0 saturated carbocycles. The maximum Gasteiger partial charge on any atom is 0.306 e. The third kappa shape index (κ3) is 5.17. The predicted molar refractivity (Wildman–Crippen MR) is 75.9 cm³/mol. The Balaban J connectivity index is 2.64. The molecule has 0 heterocycles. The lowest BCUT2D eigenvalue weighted by atomic mass is 10.3. The number of nitrogens with one attached hydrogen (secondary N) is 1. The zero-order chi connectivity index (χ0) is 14.5. The Kier molecular flexibility index (Phi) is 5.77. The molecular formula is C11H15BrN2O4S. The van der Waals surface area contributed by atoms with Crippen LogP contribution in [0.3, 0.4) is 0 Å². The van der Waals surface area contributed by atoms with Crippen molar-refractivity contribution in [3.63, 3.8) is 0 Å². The molecule has 1 aromatic carbocycles. The van der Waals surface area contributed by atoms with Crippen molar-refractivity contribution in [2.75, 3.05) is 25.4 Å². The number of ether oxygens (including phenoxy) is 1. The zero-order valence-corrected chi connectivity index (χ0v) is 13.0. The minimum absolute atomic E-state index is 0.00818. The first-order valence-electron chi connectivity index (χ1n) is 5.41. The van der Waals surface area contributed by atoms with E-state index in [1.54, 1.807) is 24.3 Å². The van der Waals surface area contributed by atoms with Crippen LogP contribution in [0.4, 0.5) is 5.69 Å². The number of halogens is 1. The van der Waals surface area contributed by atoms with Gasteiger partial charge in [-0.25, -0.2) is 0 Å². The molecule has 0 spiro atoms. The minimum Gasteiger partial charge on any atom is -0.469 e. The van der Waals surface area contributed by atoms with Gasteiger partial charge in [0.2, 0.25) is 0 Å². The van der Waals surface area contributed by atoms with Crippen molar-refractivity contribution in [1.82, 2.24) is 4.31 Å². The molecular weight excluding hydrogens is 336 g/mol. The van der Waals surface area contributed by atoms with Crippen LogP contribution in [0, 0.1) is 0 Å². The monoisotopic (exact) mass is 350 g/mol. The van der Waals surface area contributed by atoms with Gasteiger partial charge in [-0.15, -0.1) is 0 Å². The number of hydrogen-bond donors (Lipinski definition) is 1. The molecule has 1 N–H and O–H groups in total. The summed E-state index contributed by atoms with van der Waals surface area (Å²) in [6.45, 7) is 0.0541. The molecule has 0 aromatic heterocycles. The number of methoxy groups -OCH3 is 1. The first kappa shape index (κ1) is 15.9. The lowest BCUT2D eigenvalue weighted by Gasteiger charge is -2.17. The van der Waals surface area contributed by atoms with E-state index in [4.69, 9.17) is 0 Å². The van der Waals surface area contributed by atoms with E-state index in [2.05, 4.69) is 25.4 Å². The number of rotatable bonds is 6. The van der Waals surface area contributed by atoms with Gasteiger partial charge in [-0.1, -0.05) is 15.9 Å². The van der Waals surface area contributed by atoms with Gasteiger partial charge in [0.25, 0.3) is 0 Å². The molecule has 0 bridgehead atoms. The summed E-state index contributed by atoms with van der Waals surface area (Å²) in [5.74, 6) is -0.453. The largest absolute Gasteiger partial charge is 0.469 e. The Morgan fingerprint density at radius 1 is 1.37 bits per heavy atom. The number of carbonyl (C=O) groups is 1. The average Bonchev–Trinajstić information content (AvgIpc) is 2.37. The molecule has 1 aromatic rings. The van der Waals surface area contributed by atoms with Crippen LogP contribution in [0.5, 0.6) is 0 Å². The second-order valence-electron chi connectivity index (χ2n) is 3.76. The molecule has 106 valence electrons. The molecule has 0 unspecified atom stereocenters. The summed E-state index contributed by atoms with van der Waals surface area (Å²) in [6.07, 6.45) is 0.00818. The van der Waals surface area contributed by atoms with Crippen molar-refractivity contribution >= 4 is 37.8 Å². The van der Waals surface area contributed by atoms with Crippen LogP contribution in [-0.4, -0.2) is 39.4 Å². The number of hydrogen-bond acceptors (Lipinski definition) is 4. The molecule has 0 saturated heterocycles. The van der Waals surface area contributed by atoms with Crippen LogP contribution < -0.4 is 4.72 Å². The Morgan fingerprint density at radius 3 is 2.47 bits per heavy atom. The topological polar surface area (TPSA) is 75.7 Å². The number of benzene rings is 1. The standard InChI is InChI=1S/C11H15BrN2O4S/c1-14(8-7-11(15)18-2)19(16,17)13-10-5-3-9(12)4-6-10/h3-6,13H,7-8H2,1-2H3. The molecule has 6 nitrogen and oxygen atoms in total. The summed E-state index contributed by atoms with van der Waals surface area (Å²) < 4.78 is 32.7. The van der Waals surface area contributed by atoms with Gasteiger partial charge in [0.05, 0.1) is 13.5 Å². The average molecular weight is 351 g/mol. The Labute approximate surface area is 121 Å². The highest BCUT2D eigenvalue weighted by atomic mass is 79.9. The Bertz CT molecular complexity index is 530. The van der Waals surface area contributed by atoms with Crippen molar-refractivity contribution in [1.29, 1.82) is 0 Å². The number of nitrogens with zero attached hydrogens (tertiary/aromatic N) is 1. The van der Waals surface area contributed by atoms with Crippen LogP contribution in [0.15, 0.2) is 28.7 Å². The summed E-state index contributed by atoms with van der Waals surface area (Å²) in [5, 5.41) is 0. The highest BCUT2D eigenvalue weighted by Gasteiger charge is 2.18. The fraction of sp³-hybridized carbons (Fsp3) is 0.364. The van der Waals surface area contributed by atoms with Crippen molar-refractivity contribution < 1.29 is 17.9 Å². The molecule has 0 amide bonds. The molecule has 0 fully saturated rings. The van der Waals surface area contributed by atoms with Crippen molar-refractivity contribution in [3.05, 3.63) is 28.7 Å². The highest BCUT2D eigenvalue weighted by molar-refractivity contribution is 9.10. The maximum atomic E-state index is 11.9. The third-order valence-corrected chi connectivity index (χ3v) is 4.39. The summed E-state index contributed by atoms with van der Waals surface area (Å²) in [5.41, 5.74) is 0.452. The van der Waals surface area contributed by atoms with Crippen LogP contribution in [0.1, 0.15) is 6.42 Å². The summed E-state index contributed by atoms with van der Waals surface area (Å²) in [4.78, 5) is 11.0. The van der Waals surface area contributed by atoms with E-state index < -0.39 is 16.2 Å². The van der Waals surface area contributed by atoms with Gasteiger partial charge in [-0.3, -0.25) is 9.52 Å². The van der Waals surface area contributed by atoms with Gasteiger partial charge >= 0.3 is 16.2 Å². The van der Waals surface area contributed by atoms with Gasteiger partial charge in [0.15, 0.2) is 0 Å². The van der Waals surface area contributed by atoms with Crippen LogP contribution >= 0.6 is 15.9 Å². The fourth-order valence-corrected chi connectivity index (χ4v) is 2.40. The molecule has 0 aliphatic rings. The number of anilines is 1. The molecule has 19 heavy (non-hydrogen) atoms. The van der Waals surface area contributed by atoms with Crippen molar-refractivity contribution in [2.45, 2.75) is 6.42 Å². The first-order valence-corrected chi connectivity index (χ1v) is 7.65. The van der Waals surface area contributed by atoms with E-state index in [-0.39, 0.29) is 13.0 Å². The van der Waals surface area contributed by atoms with Gasteiger partial charge in [0, 0.05) is 23.8 Å². The van der Waals surface area contributed by atoms with Crippen LogP contribution in [0.2, 0.25) is 0 Å². The van der Waals surface area contributed by atoms with E-state index in [1.807, 2.05) is 0 Å². The third-order valence-electron chi connectivity index (χ3n) is 2.36. The SMILES string of the molecule is COC(=O)CCN(C)S(=O)(=O)Nc1ccc(Br)cc1. The van der Waals surface area contributed by atoms with Crippen molar-refractivity contribution in [3.8, 4) is 0 Å². The van der Waals surface area contributed by atoms with Crippen molar-refractivity contribution in [2.24, 2.45) is 0 Å². The van der Waals surface area contributed by atoms with E-state index in [1.165, 1.54) is 14.2 Å². The van der Waals surface area contributed by atoms with E-state index >= 15 is 0 Å². The quantitative estimate of drug-likeness (QED) is 0.790. The van der Waals surface area contributed by atoms with E-state index in [9.17, 15) is 13.2 Å². The first-order chi connectivity index (χ1) is 8.85. The van der Waals surface area contributed by atoms with E-state index in [0.717, 1.165) is 8.78 Å². The normalized spacial score (nSPS) is 11.4. The smallest absolute Gasteiger partial charge is 0.306 e. The highest BCUT2D eigenvalue weighted by Crippen LogP contribution is 2.16. The summed E-state index contributed by atoms with van der Waals surface area (Å²) in [7, 11) is -1.02. The number of carbonyl (C=O) groups excluding carboxylic acids is 1. The Morgan fingerprint density at radius 2 is 1.95 bits per heavy atom. The van der Waals surface area contributed by atoms with E-state index in [0.29, 0.717) is 5.69 Å². The lowest BCUT2D eigenvalue weighted by molar-refractivity contribution is -0.140. The summed E-state index contributed by atoms with van der Waals surface area (Å²) >= 11 is 3.26. The van der Waals surface area contributed by atoms with Gasteiger partial charge < -0.3 is 4.74 Å². The van der Waals surface area contributed by atoms with Gasteiger partial charge in [0.1, 0.15) is 0 Å². The Hall–Kier alpha value is -1.12. The number of esters is 1. The maximum absolute atomic E-state index is 11.9. The van der Waals surface area contributed by atoms with Gasteiger partial charge in [-0.2, -0.15) is 12.7 Å². The molecule has 0 atom stereocenters. The minimum atomic E-state index is -3.67. The molecule has 1 rings (SSSR count). The second-order valence-corrected chi connectivity index (χ2v) is 6.45. The van der Waals surface area contributed by atoms with Gasteiger partial charge in [-0.05, 0) is 24.3 Å². The predicted octanol–water partition coefficient (Wildman–Crippen LogP) is 1.60. The fourth-order valence-electron chi connectivity index (χ4n) is 1.22. The van der Waals surface area contributed by atoms with Crippen LogP contribution in [-0.2, 0) is 19.7 Å². The molecule has 0 radical (unpaired) electrons. The van der Waals surface area contributed by atoms with Crippen LogP contribution in [0.25, 0.3) is 0 Å². The lowest BCUT2D eigenvalue weighted by Crippen LogP contribution is -2.34. The molecule has 0 aliphatic carbocycles. The summed E-state index contributed by atoms with van der Waals surface area (Å²) in [6, 6.07) is 6.73. The molecule has 8 heteroatoms.